The number of thioether (sulfide) groups is 1. The van der Waals surface area contributed by atoms with Crippen LogP contribution in [0.2, 0.25) is 0 Å². The Hall–Kier alpha value is -2.67. The molecule has 0 saturated heterocycles. The molecule has 1 heterocycles. The lowest BCUT2D eigenvalue weighted by Crippen LogP contribution is -2.23. The van der Waals surface area contributed by atoms with Crippen LogP contribution >= 0.6 is 11.8 Å². The smallest absolute Gasteiger partial charge is 0.237 e. The van der Waals surface area contributed by atoms with Crippen LogP contribution < -0.4 is 5.32 Å². The van der Waals surface area contributed by atoms with Gasteiger partial charge in [0.25, 0.3) is 0 Å². The van der Waals surface area contributed by atoms with Gasteiger partial charge in [-0.15, -0.1) is 0 Å². The summed E-state index contributed by atoms with van der Waals surface area (Å²) in [4.78, 5) is 16.7. The molecule has 0 radical (unpaired) electrons. The predicted molar refractivity (Wildman–Crippen MR) is 103 cm³/mol. The van der Waals surface area contributed by atoms with E-state index in [2.05, 4.69) is 10.3 Å². The van der Waals surface area contributed by atoms with E-state index in [0.29, 0.717) is 5.16 Å². The van der Waals surface area contributed by atoms with Gasteiger partial charge < -0.3 is 5.32 Å². The third kappa shape index (κ3) is 4.19. The minimum absolute atomic E-state index is 0.176. The van der Waals surface area contributed by atoms with E-state index in [1.807, 2.05) is 42.8 Å². The number of hydrogen-bond donors (Lipinski definition) is 1. The first-order valence-electron chi connectivity index (χ1n) is 8.39. The number of nitrogens with zero attached hydrogens (tertiary/aromatic N) is 2. The predicted octanol–water partition coefficient (Wildman–Crippen LogP) is 4.89. The fraction of sp³-hybridized carbons (Fsp3) is 0.200. The first kappa shape index (κ1) is 19.1. The van der Waals surface area contributed by atoms with E-state index in [1.165, 1.54) is 11.8 Å². The van der Waals surface area contributed by atoms with Gasteiger partial charge in [-0.1, -0.05) is 23.9 Å². The summed E-state index contributed by atoms with van der Waals surface area (Å²) in [6, 6.07) is 8.93. The van der Waals surface area contributed by atoms with Crippen molar-refractivity contribution >= 4 is 23.4 Å². The fourth-order valence-corrected chi connectivity index (χ4v) is 3.47. The van der Waals surface area contributed by atoms with Crippen LogP contribution in [0.1, 0.15) is 18.1 Å². The summed E-state index contributed by atoms with van der Waals surface area (Å²) in [6.45, 7) is 5.76. The molecule has 1 unspecified atom stereocenters. The van der Waals surface area contributed by atoms with Gasteiger partial charge in [0, 0.05) is 18.5 Å². The Morgan fingerprint density at radius 3 is 2.78 bits per heavy atom. The van der Waals surface area contributed by atoms with Gasteiger partial charge >= 0.3 is 0 Å². The zero-order valence-electron chi connectivity index (χ0n) is 15.2. The van der Waals surface area contributed by atoms with Crippen molar-refractivity contribution in [3.05, 3.63) is 71.6 Å². The van der Waals surface area contributed by atoms with Crippen LogP contribution in [0.4, 0.5) is 14.5 Å². The zero-order valence-corrected chi connectivity index (χ0v) is 16.0. The standard InChI is InChI=1S/C20H19F2N3OS/c1-12-5-4-6-18(13(12)2)25-10-9-23-20(25)27-14(3)19(26)24-17-11-15(21)7-8-16(17)22/h4-11,14H,1-3H3,(H,24,26). The molecule has 4 nitrogen and oxygen atoms in total. The molecular weight excluding hydrogens is 368 g/mol. The van der Waals surface area contributed by atoms with Crippen LogP contribution in [-0.2, 0) is 4.79 Å². The monoisotopic (exact) mass is 387 g/mol. The lowest BCUT2D eigenvalue weighted by molar-refractivity contribution is -0.115. The van der Waals surface area contributed by atoms with Gasteiger partial charge in [0.05, 0.1) is 16.6 Å². The average Bonchev–Trinajstić information content (AvgIpc) is 3.08. The Labute approximate surface area is 160 Å². The third-order valence-electron chi connectivity index (χ3n) is 4.28. The van der Waals surface area contributed by atoms with Gasteiger partial charge in [0.2, 0.25) is 5.91 Å². The SMILES string of the molecule is Cc1cccc(-n2ccnc2SC(C)C(=O)Nc2cc(F)ccc2F)c1C. The molecule has 3 aromatic rings. The molecule has 0 aliphatic carbocycles. The van der Waals surface area contributed by atoms with Crippen molar-refractivity contribution in [2.24, 2.45) is 0 Å². The minimum atomic E-state index is -0.682. The topological polar surface area (TPSA) is 46.9 Å². The number of halogens is 2. The maximum atomic E-state index is 13.7. The Bertz CT molecular complexity index is 987. The number of carbonyl (C=O) groups is 1. The summed E-state index contributed by atoms with van der Waals surface area (Å²) in [7, 11) is 0. The van der Waals surface area contributed by atoms with E-state index >= 15 is 0 Å². The molecule has 0 aliphatic rings. The molecule has 0 bridgehead atoms. The molecule has 2 aromatic carbocycles. The summed E-state index contributed by atoms with van der Waals surface area (Å²) in [5.74, 6) is -1.73. The number of imidazole rings is 1. The number of nitrogens with one attached hydrogen (secondary N) is 1. The second-order valence-corrected chi connectivity index (χ2v) is 7.48. The highest BCUT2D eigenvalue weighted by Crippen LogP contribution is 2.28. The first-order valence-corrected chi connectivity index (χ1v) is 9.27. The van der Waals surface area contributed by atoms with Crippen LogP contribution in [0.25, 0.3) is 5.69 Å². The highest BCUT2D eigenvalue weighted by Gasteiger charge is 2.20. The van der Waals surface area contributed by atoms with Gasteiger partial charge in [-0.3, -0.25) is 9.36 Å². The lowest BCUT2D eigenvalue weighted by atomic mass is 10.1. The molecule has 0 spiro atoms. The molecule has 1 aromatic heterocycles. The molecule has 0 saturated carbocycles. The second-order valence-electron chi connectivity index (χ2n) is 6.17. The van der Waals surface area contributed by atoms with Gasteiger partial charge in [-0.05, 0) is 50.1 Å². The highest BCUT2D eigenvalue weighted by molar-refractivity contribution is 8.00. The van der Waals surface area contributed by atoms with Crippen molar-refractivity contribution in [2.45, 2.75) is 31.2 Å². The number of anilines is 1. The Kier molecular flexibility index (Phi) is 5.60. The molecule has 0 aliphatic heterocycles. The van der Waals surface area contributed by atoms with E-state index in [-0.39, 0.29) is 5.69 Å². The molecule has 1 amide bonds. The summed E-state index contributed by atoms with van der Waals surface area (Å²) < 4.78 is 28.9. The molecule has 140 valence electrons. The molecule has 7 heteroatoms. The van der Waals surface area contributed by atoms with E-state index in [9.17, 15) is 13.6 Å². The normalized spacial score (nSPS) is 12.0. The molecule has 27 heavy (non-hydrogen) atoms. The number of benzene rings is 2. The number of hydrogen-bond acceptors (Lipinski definition) is 3. The van der Waals surface area contributed by atoms with Gasteiger partial charge in [0.1, 0.15) is 11.6 Å². The van der Waals surface area contributed by atoms with Crippen LogP contribution in [0.3, 0.4) is 0 Å². The van der Waals surface area contributed by atoms with Crippen molar-refractivity contribution < 1.29 is 13.6 Å². The van der Waals surface area contributed by atoms with Gasteiger partial charge in [-0.25, -0.2) is 13.8 Å². The van der Waals surface area contributed by atoms with Gasteiger partial charge in [0.15, 0.2) is 5.16 Å². The average molecular weight is 387 g/mol. The fourth-order valence-electron chi connectivity index (χ4n) is 2.60. The van der Waals surface area contributed by atoms with E-state index in [4.69, 9.17) is 0 Å². The number of aryl methyl sites for hydroxylation is 1. The van der Waals surface area contributed by atoms with E-state index in [1.54, 1.807) is 13.1 Å². The number of rotatable bonds is 5. The van der Waals surface area contributed by atoms with Crippen LogP contribution in [-0.4, -0.2) is 20.7 Å². The summed E-state index contributed by atoms with van der Waals surface area (Å²) in [5, 5.41) is 2.52. The van der Waals surface area contributed by atoms with Crippen LogP contribution in [0.5, 0.6) is 0 Å². The maximum absolute atomic E-state index is 13.7. The molecule has 1 atom stereocenters. The lowest BCUT2D eigenvalue weighted by Gasteiger charge is -2.15. The number of carbonyl (C=O) groups excluding carboxylic acids is 1. The second kappa shape index (κ2) is 7.92. The van der Waals surface area contributed by atoms with Crippen LogP contribution in [0, 0.1) is 25.5 Å². The Morgan fingerprint density at radius 2 is 2.00 bits per heavy atom. The molecule has 0 fully saturated rings. The Morgan fingerprint density at radius 1 is 1.22 bits per heavy atom. The van der Waals surface area contributed by atoms with Crippen molar-refractivity contribution in [3.63, 3.8) is 0 Å². The van der Waals surface area contributed by atoms with Crippen LogP contribution in [0.15, 0.2) is 53.9 Å². The summed E-state index contributed by atoms with van der Waals surface area (Å²) >= 11 is 1.25. The first-order chi connectivity index (χ1) is 12.9. The third-order valence-corrected chi connectivity index (χ3v) is 5.36. The number of amides is 1. The van der Waals surface area contributed by atoms with Crippen molar-refractivity contribution in [3.8, 4) is 5.69 Å². The van der Waals surface area contributed by atoms with E-state index in [0.717, 1.165) is 35.0 Å². The maximum Gasteiger partial charge on any atom is 0.237 e. The van der Waals surface area contributed by atoms with E-state index < -0.39 is 22.8 Å². The minimum Gasteiger partial charge on any atom is -0.323 e. The number of aromatic nitrogens is 2. The van der Waals surface area contributed by atoms with Gasteiger partial charge in [-0.2, -0.15) is 0 Å². The summed E-state index contributed by atoms with van der Waals surface area (Å²) in [5.41, 5.74) is 3.09. The highest BCUT2D eigenvalue weighted by atomic mass is 32.2. The van der Waals surface area contributed by atoms with Crippen molar-refractivity contribution in [1.82, 2.24) is 9.55 Å². The Balaban J connectivity index is 1.78. The summed E-state index contributed by atoms with van der Waals surface area (Å²) in [6.07, 6.45) is 3.50. The molecule has 1 N–H and O–H groups in total. The van der Waals surface area contributed by atoms with Crippen molar-refractivity contribution in [2.75, 3.05) is 5.32 Å². The quantitative estimate of drug-likeness (QED) is 0.634. The van der Waals surface area contributed by atoms with Crippen molar-refractivity contribution in [1.29, 1.82) is 0 Å². The largest absolute Gasteiger partial charge is 0.323 e. The molecular formula is C20H19F2N3OS. The zero-order chi connectivity index (χ0) is 19.6. The molecule has 3 rings (SSSR count).